The Morgan fingerprint density at radius 1 is 0.947 bits per heavy atom. The van der Waals surface area contributed by atoms with E-state index in [1.807, 2.05) is 0 Å². The van der Waals surface area contributed by atoms with E-state index in [1.165, 1.54) is 24.3 Å². The zero-order valence-corrected chi connectivity index (χ0v) is 9.98. The summed E-state index contributed by atoms with van der Waals surface area (Å²) in [7, 11) is -1.73. The van der Waals surface area contributed by atoms with Gasteiger partial charge in [0.2, 0.25) is 0 Å². The molecule has 2 rings (SSSR count). The molecule has 2 aromatic rings. The van der Waals surface area contributed by atoms with Gasteiger partial charge in [-0.25, -0.2) is 0 Å². The molecule has 0 aliphatic rings. The van der Waals surface area contributed by atoms with E-state index in [0.29, 0.717) is 6.29 Å². The van der Waals surface area contributed by atoms with Gasteiger partial charge in [0.1, 0.15) is 0 Å². The maximum atomic E-state index is 12.4. The molecule has 0 unspecified atom stereocenters. The minimum atomic E-state index is -1.73. The molecular weight excluding hydrogens is 243 g/mol. The van der Waals surface area contributed by atoms with Crippen molar-refractivity contribution in [1.29, 1.82) is 0 Å². The van der Waals surface area contributed by atoms with E-state index in [-0.39, 0.29) is 22.2 Å². The number of ketones is 1. The van der Waals surface area contributed by atoms with Crippen molar-refractivity contribution >= 4 is 24.7 Å². The van der Waals surface area contributed by atoms with Crippen LogP contribution in [0.15, 0.2) is 48.5 Å². The fraction of sp³-hybridized carbons (Fsp3) is 0. The van der Waals surface area contributed by atoms with Gasteiger partial charge >= 0.3 is 7.12 Å². The highest BCUT2D eigenvalue weighted by molar-refractivity contribution is 6.60. The second-order valence-corrected chi connectivity index (χ2v) is 4.00. The Balaban J connectivity index is 2.53. The lowest BCUT2D eigenvalue weighted by atomic mass is 9.75. The fourth-order valence-corrected chi connectivity index (χ4v) is 1.88. The van der Waals surface area contributed by atoms with Crippen LogP contribution >= 0.6 is 0 Å². The Kier molecular flexibility index (Phi) is 3.89. The van der Waals surface area contributed by atoms with Crippen molar-refractivity contribution in [3.8, 4) is 0 Å². The maximum Gasteiger partial charge on any atom is 0.489 e. The SMILES string of the molecule is O=Cc1ccccc1C(=O)c1ccccc1B(O)O. The van der Waals surface area contributed by atoms with Crippen molar-refractivity contribution in [2.45, 2.75) is 0 Å². The normalized spacial score (nSPS) is 10.0. The molecule has 0 bridgehead atoms. The first-order valence-corrected chi connectivity index (χ1v) is 5.69. The summed E-state index contributed by atoms with van der Waals surface area (Å²) in [5.41, 5.74) is 0.806. The molecule has 0 atom stereocenters. The maximum absolute atomic E-state index is 12.4. The van der Waals surface area contributed by atoms with E-state index < -0.39 is 12.9 Å². The van der Waals surface area contributed by atoms with Gasteiger partial charge in [-0.1, -0.05) is 48.5 Å². The molecule has 0 radical (unpaired) electrons. The van der Waals surface area contributed by atoms with E-state index in [1.54, 1.807) is 24.3 Å². The molecule has 0 saturated carbocycles. The minimum Gasteiger partial charge on any atom is -0.423 e. The van der Waals surface area contributed by atoms with Crippen LogP contribution < -0.4 is 5.46 Å². The van der Waals surface area contributed by atoms with Gasteiger partial charge in [0.05, 0.1) is 0 Å². The number of benzene rings is 2. The quantitative estimate of drug-likeness (QED) is 0.470. The number of carbonyl (C=O) groups excluding carboxylic acids is 2. The van der Waals surface area contributed by atoms with Crippen molar-refractivity contribution < 1.29 is 19.6 Å². The highest BCUT2D eigenvalue weighted by Crippen LogP contribution is 2.12. The van der Waals surface area contributed by atoms with Gasteiger partial charge in [-0.15, -0.1) is 0 Å². The monoisotopic (exact) mass is 254 g/mol. The summed E-state index contributed by atoms with van der Waals surface area (Å²) in [6, 6.07) is 12.6. The van der Waals surface area contributed by atoms with Crippen LogP contribution in [0.2, 0.25) is 0 Å². The van der Waals surface area contributed by atoms with Gasteiger partial charge in [-0.3, -0.25) is 9.59 Å². The molecule has 0 heterocycles. The predicted octanol–water partition coefficient (Wildman–Crippen LogP) is 0.410. The summed E-state index contributed by atoms with van der Waals surface area (Å²) in [5, 5.41) is 18.5. The van der Waals surface area contributed by atoms with Gasteiger partial charge in [-0.05, 0) is 5.46 Å². The van der Waals surface area contributed by atoms with Gasteiger partial charge in [0.15, 0.2) is 12.1 Å². The third-order valence-corrected chi connectivity index (χ3v) is 2.82. The van der Waals surface area contributed by atoms with Crippen molar-refractivity contribution in [2.75, 3.05) is 0 Å². The van der Waals surface area contributed by atoms with Crippen LogP contribution in [0.5, 0.6) is 0 Å². The summed E-state index contributed by atoms with van der Waals surface area (Å²) in [4.78, 5) is 23.3. The molecule has 4 nitrogen and oxygen atoms in total. The molecule has 0 amide bonds. The second kappa shape index (κ2) is 5.60. The first-order chi connectivity index (χ1) is 9.15. The third kappa shape index (κ3) is 2.62. The lowest BCUT2D eigenvalue weighted by molar-refractivity contribution is 0.103. The van der Waals surface area contributed by atoms with E-state index in [9.17, 15) is 19.6 Å². The summed E-state index contributed by atoms with van der Waals surface area (Å²) in [5.74, 6) is -0.411. The zero-order valence-electron chi connectivity index (χ0n) is 9.98. The Hall–Kier alpha value is -2.24. The number of rotatable bonds is 4. The Morgan fingerprint density at radius 3 is 2.16 bits per heavy atom. The van der Waals surface area contributed by atoms with Gasteiger partial charge < -0.3 is 10.0 Å². The minimum absolute atomic E-state index is 0.119. The predicted molar refractivity (Wildman–Crippen MR) is 71.5 cm³/mol. The molecule has 94 valence electrons. The standard InChI is InChI=1S/C14H11BO4/c16-9-10-5-1-2-6-11(10)14(17)12-7-3-4-8-13(12)15(18)19/h1-9,18-19H. The van der Waals surface area contributed by atoms with Crippen LogP contribution in [0.25, 0.3) is 0 Å². The molecular formula is C14H11BO4. The van der Waals surface area contributed by atoms with Crippen LogP contribution in [-0.2, 0) is 0 Å². The number of hydrogen-bond acceptors (Lipinski definition) is 4. The van der Waals surface area contributed by atoms with Crippen molar-refractivity contribution in [3.05, 3.63) is 65.2 Å². The van der Waals surface area contributed by atoms with E-state index >= 15 is 0 Å². The molecule has 0 fully saturated rings. The molecule has 0 aliphatic heterocycles. The topological polar surface area (TPSA) is 74.6 Å². The van der Waals surface area contributed by atoms with E-state index in [0.717, 1.165) is 0 Å². The van der Waals surface area contributed by atoms with Crippen LogP contribution in [0.4, 0.5) is 0 Å². The average Bonchev–Trinajstić information content (AvgIpc) is 2.46. The first-order valence-electron chi connectivity index (χ1n) is 5.69. The Morgan fingerprint density at radius 2 is 1.53 bits per heavy atom. The van der Waals surface area contributed by atoms with Crippen LogP contribution in [-0.4, -0.2) is 29.2 Å². The van der Waals surface area contributed by atoms with Crippen LogP contribution in [0.1, 0.15) is 26.3 Å². The Bertz CT molecular complexity index is 622. The second-order valence-electron chi connectivity index (χ2n) is 4.00. The van der Waals surface area contributed by atoms with Gasteiger partial charge in [0.25, 0.3) is 0 Å². The smallest absolute Gasteiger partial charge is 0.423 e. The van der Waals surface area contributed by atoms with E-state index in [2.05, 4.69) is 0 Å². The lowest BCUT2D eigenvalue weighted by Gasteiger charge is -2.09. The summed E-state index contributed by atoms with van der Waals surface area (Å²) < 4.78 is 0. The van der Waals surface area contributed by atoms with Crippen molar-refractivity contribution in [2.24, 2.45) is 0 Å². The van der Waals surface area contributed by atoms with Crippen LogP contribution in [0, 0.1) is 0 Å². The fourth-order valence-electron chi connectivity index (χ4n) is 1.88. The summed E-state index contributed by atoms with van der Waals surface area (Å²) in [6.45, 7) is 0. The largest absolute Gasteiger partial charge is 0.489 e. The van der Waals surface area contributed by atoms with Gasteiger partial charge in [0, 0.05) is 16.7 Å². The number of hydrogen-bond donors (Lipinski definition) is 2. The molecule has 5 heteroatoms. The first kappa shape index (κ1) is 13.2. The molecule has 0 aliphatic carbocycles. The molecule has 19 heavy (non-hydrogen) atoms. The summed E-state index contributed by atoms with van der Waals surface area (Å²) >= 11 is 0. The highest BCUT2D eigenvalue weighted by atomic mass is 16.4. The lowest BCUT2D eigenvalue weighted by Crippen LogP contribution is -2.34. The van der Waals surface area contributed by atoms with Crippen molar-refractivity contribution in [1.82, 2.24) is 0 Å². The van der Waals surface area contributed by atoms with Gasteiger partial charge in [-0.2, -0.15) is 0 Å². The number of aldehydes is 1. The zero-order chi connectivity index (χ0) is 13.8. The number of carbonyl (C=O) groups is 2. The van der Waals surface area contributed by atoms with Crippen molar-refractivity contribution in [3.63, 3.8) is 0 Å². The summed E-state index contributed by atoms with van der Waals surface area (Å²) in [6.07, 6.45) is 0.602. The molecule has 0 saturated heterocycles. The molecule has 0 spiro atoms. The third-order valence-electron chi connectivity index (χ3n) is 2.82. The molecule has 0 aromatic heterocycles. The molecule has 2 N–H and O–H groups in total. The average molecular weight is 254 g/mol. The molecule has 2 aromatic carbocycles. The Labute approximate surface area is 110 Å². The van der Waals surface area contributed by atoms with Crippen LogP contribution in [0.3, 0.4) is 0 Å². The highest BCUT2D eigenvalue weighted by Gasteiger charge is 2.21. The van der Waals surface area contributed by atoms with E-state index in [4.69, 9.17) is 0 Å².